The average molecular weight is 623 g/mol. The molecule has 41 heavy (non-hydrogen) atoms. The first-order valence-electron chi connectivity index (χ1n) is 12.5. The Morgan fingerprint density at radius 3 is 1.22 bits per heavy atom. The second kappa shape index (κ2) is 12.2. The van der Waals surface area contributed by atoms with Crippen LogP contribution < -0.4 is 9.47 Å². The van der Waals surface area contributed by atoms with Gasteiger partial charge in [-0.25, -0.2) is 8.42 Å². The molecular weight excluding hydrogens is 590 g/mol. The Kier molecular flexibility index (Phi) is 9.31. The van der Waals surface area contributed by atoms with E-state index in [4.69, 9.17) is 27.6 Å². The van der Waals surface area contributed by atoms with Crippen molar-refractivity contribution in [2.45, 2.75) is 21.8 Å². The highest BCUT2D eigenvalue weighted by Crippen LogP contribution is 2.73. The quantitative estimate of drug-likeness (QED) is 0.239. The summed E-state index contributed by atoms with van der Waals surface area (Å²) in [6.45, 7) is 0. The van der Waals surface area contributed by atoms with Gasteiger partial charge in [0.2, 0.25) is 0 Å². The van der Waals surface area contributed by atoms with Gasteiger partial charge in [-0.05, 0) is 60.7 Å². The lowest BCUT2D eigenvalue weighted by atomic mass is 10.1. The molecule has 0 spiro atoms. The Labute approximate surface area is 240 Å². The van der Waals surface area contributed by atoms with Crippen LogP contribution >= 0.6 is 15.2 Å². The summed E-state index contributed by atoms with van der Waals surface area (Å²) in [5.41, 5.74) is 0. The van der Waals surface area contributed by atoms with Gasteiger partial charge in [0, 0.05) is 41.3 Å². The topological polar surface area (TPSA) is 124 Å². The number of sulfone groups is 1. The Balaban J connectivity index is 1.82. The molecule has 0 fully saturated rings. The van der Waals surface area contributed by atoms with Crippen LogP contribution in [0.5, 0.6) is 11.5 Å². The third-order valence-electron chi connectivity index (χ3n) is 6.98. The highest BCUT2D eigenvalue weighted by atomic mass is 32.2. The Bertz CT molecular complexity index is 1440. The molecule has 0 saturated heterocycles. The lowest BCUT2D eigenvalue weighted by Gasteiger charge is -2.44. The minimum atomic E-state index is -4.86. The summed E-state index contributed by atoms with van der Waals surface area (Å²) >= 11 is 0. The zero-order chi connectivity index (χ0) is 29.8. The predicted octanol–water partition coefficient (Wildman–Crippen LogP) is 6.61. The molecule has 13 heteroatoms. The molecule has 0 radical (unpaired) electrons. The molecule has 0 bridgehead atoms. The first-order valence-corrected chi connectivity index (χ1v) is 17.0. The molecule has 2 aromatic rings. The van der Waals surface area contributed by atoms with Gasteiger partial charge in [0.15, 0.2) is 18.8 Å². The third-order valence-corrected chi connectivity index (χ3v) is 16.7. The molecular formula is C28H32O10P2S. The van der Waals surface area contributed by atoms with E-state index in [1.54, 1.807) is 48.5 Å². The molecule has 0 heterocycles. The van der Waals surface area contributed by atoms with Crippen molar-refractivity contribution in [3.63, 3.8) is 0 Å². The smallest absolute Gasteiger partial charge is 0.355 e. The van der Waals surface area contributed by atoms with E-state index in [1.807, 2.05) is 12.1 Å². The van der Waals surface area contributed by atoms with Gasteiger partial charge in [-0.15, -0.1) is 0 Å². The monoisotopic (exact) mass is 622 g/mol. The van der Waals surface area contributed by atoms with Gasteiger partial charge >= 0.3 is 15.2 Å². The van der Waals surface area contributed by atoms with Crippen LogP contribution in [-0.2, 0) is 37.1 Å². The van der Waals surface area contributed by atoms with E-state index in [2.05, 4.69) is 0 Å². The van der Waals surface area contributed by atoms with Crippen molar-refractivity contribution in [3.8, 4) is 11.5 Å². The Hall–Kier alpha value is -2.75. The first kappa shape index (κ1) is 31.2. The lowest BCUT2D eigenvalue weighted by Crippen LogP contribution is -2.51. The predicted molar refractivity (Wildman–Crippen MR) is 155 cm³/mol. The minimum Gasteiger partial charge on any atom is -0.458 e. The molecule has 0 aromatic heterocycles. The van der Waals surface area contributed by atoms with Crippen LogP contribution in [0.25, 0.3) is 0 Å². The van der Waals surface area contributed by atoms with E-state index in [0.717, 1.165) is 28.4 Å². The van der Waals surface area contributed by atoms with E-state index < -0.39 is 34.0 Å². The van der Waals surface area contributed by atoms with Gasteiger partial charge in [-0.2, -0.15) is 0 Å². The van der Waals surface area contributed by atoms with E-state index in [1.165, 1.54) is 36.5 Å². The van der Waals surface area contributed by atoms with Crippen molar-refractivity contribution in [2.24, 2.45) is 0 Å². The highest BCUT2D eigenvalue weighted by Gasteiger charge is 2.70. The van der Waals surface area contributed by atoms with E-state index in [9.17, 15) is 17.5 Å². The van der Waals surface area contributed by atoms with Gasteiger partial charge < -0.3 is 27.6 Å². The molecule has 0 aliphatic heterocycles. The molecule has 0 saturated carbocycles. The van der Waals surface area contributed by atoms with Crippen LogP contribution in [0, 0.1) is 0 Å². The zero-order valence-corrected chi connectivity index (χ0v) is 25.6. The molecule has 2 unspecified atom stereocenters. The van der Waals surface area contributed by atoms with Crippen LogP contribution in [0.15, 0.2) is 109 Å². The minimum absolute atomic E-state index is 0.314. The number of ether oxygens (including phenoxy) is 2. The largest absolute Gasteiger partial charge is 0.458 e. The Morgan fingerprint density at radius 2 is 0.951 bits per heavy atom. The fraction of sp³-hybridized carbons (Fsp3) is 0.286. The molecule has 0 N–H and O–H groups in total. The number of benzene rings is 2. The molecule has 2 aliphatic rings. The van der Waals surface area contributed by atoms with Crippen LogP contribution in [0.1, 0.15) is 12.8 Å². The molecule has 10 nitrogen and oxygen atoms in total. The standard InChI is InChI=1S/C28H32O10P2S/c1-33-39(29,34-2)27(19-15-25(16-20-27)37-23-11-7-5-8-12-23)41(31,32)28(40(30,35-3)36-4)21-17-26(18-22-28)38-24-13-9-6-10-14-24/h5-19,21H,20,22H2,1-4H3. The number of rotatable bonds is 12. The normalized spacial score (nSPS) is 23.0. The lowest BCUT2D eigenvalue weighted by molar-refractivity contribution is 0.259. The number of allylic oxidation sites excluding steroid dienone is 4. The molecule has 2 atom stereocenters. The molecule has 2 aromatic carbocycles. The van der Waals surface area contributed by atoms with Crippen molar-refractivity contribution in [2.75, 3.05) is 28.4 Å². The molecule has 2 aliphatic carbocycles. The van der Waals surface area contributed by atoms with Crippen molar-refractivity contribution >= 4 is 25.0 Å². The van der Waals surface area contributed by atoms with Crippen molar-refractivity contribution in [3.05, 3.63) is 109 Å². The fourth-order valence-electron chi connectivity index (χ4n) is 4.76. The summed E-state index contributed by atoms with van der Waals surface area (Å²) in [5.74, 6) is 1.67. The van der Waals surface area contributed by atoms with Crippen LogP contribution in [0.4, 0.5) is 0 Å². The summed E-state index contributed by atoms with van der Waals surface area (Å²) in [7, 11) is -9.45. The van der Waals surface area contributed by atoms with E-state index in [0.29, 0.717) is 23.0 Å². The second-order valence-electron chi connectivity index (χ2n) is 9.04. The summed E-state index contributed by atoms with van der Waals surface area (Å²) < 4.78 is 86.4. The van der Waals surface area contributed by atoms with Crippen LogP contribution in [0.2, 0.25) is 0 Å². The van der Waals surface area contributed by atoms with Crippen molar-refractivity contribution < 1.29 is 45.1 Å². The highest BCUT2D eigenvalue weighted by molar-refractivity contribution is 8.06. The van der Waals surface area contributed by atoms with Crippen LogP contribution in [0.3, 0.4) is 0 Å². The molecule has 220 valence electrons. The number of hydrogen-bond acceptors (Lipinski definition) is 10. The van der Waals surface area contributed by atoms with Crippen molar-refractivity contribution in [1.29, 1.82) is 0 Å². The Morgan fingerprint density at radius 1 is 0.610 bits per heavy atom. The SMILES string of the molecule is COP(=O)(OC)C1(S(=O)(=O)C2(P(=O)(OC)OC)C=CC(Oc3ccccc3)=CC2)C=CC(Oc2ccccc2)=CC1. The maximum absolute atomic E-state index is 14.9. The number of para-hydroxylation sites is 2. The maximum atomic E-state index is 14.9. The second-order valence-corrected chi connectivity index (χ2v) is 17.2. The molecule has 0 amide bonds. The van der Waals surface area contributed by atoms with E-state index in [-0.39, 0.29) is 12.8 Å². The van der Waals surface area contributed by atoms with Gasteiger partial charge in [-0.3, -0.25) is 9.13 Å². The fourth-order valence-corrected chi connectivity index (χ4v) is 13.6. The van der Waals surface area contributed by atoms with Gasteiger partial charge in [0.1, 0.15) is 23.0 Å². The zero-order valence-electron chi connectivity index (χ0n) is 23.0. The van der Waals surface area contributed by atoms with Crippen LogP contribution in [-0.4, -0.2) is 45.8 Å². The summed E-state index contributed by atoms with van der Waals surface area (Å²) in [5, 5.41) is 0. The van der Waals surface area contributed by atoms with E-state index >= 15 is 0 Å². The van der Waals surface area contributed by atoms with Gasteiger partial charge in [0.05, 0.1) is 0 Å². The maximum Gasteiger partial charge on any atom is 0.355 e. The first-order chi connectivity index (χ1) is 19.6. The van der Waals surface area contributed by atoms with Gasteiger partial charge in [0.25, 0.3) is 0 Å². The summed E-state index contributed by atoms with van der Waals surface area (Å²) in [6, 6.07) is 17.8. The third kappa shape index (κ3) is 5.32. The van der Waals surface area contributed by atoms with Crippen molar-refractivity contribution in [1.82, 2.24) is 0 Å². The number of hydrogen-bond donors (Lipinski definition) is 0. The van der Waals surface area contributed by atoms with Gasteiger partial charge in [-0.1, -0.05) is 36.4 Å². The summed E-state index contributed by atoms with van der Waals surface area (Å²) in [6.07, 6.45) is 7.35. The molecule has 4 rings (SSSR count). The summed E-state index contributed by atoms with van der Waals surface area (Å²) in [4.78, 5) is 0. The average Bonchev–Trinajstić information content (AvgIpc) is 3.01.